The molecule has 7 rings (SSSR count). The monoisotopic (exact) mass is 553 g/mol. The van der Waals surface area contributed by atoms with E-state index in [9.17, 15) is 9.18 Å². The number of nitrogens with one attached hydrogen (secondary N) is 3. The molecule has 8 nitrogen and oxygen atoms in total. The van der Waals surface area contributed by atoms with Gasteiger partial charge in [0.25, 0.3) is 0 Å². The number of anilines is 1. The smallest absolute Gasteiger partial charge is 0.228 e. The predicted octanol–water partition coefficient (Wildman–Crippen LogP) is 6.86. The molecule has 3 N–H and O–H groups in total. The number of amides is 1. The Morgan fingerprint density at radius 1 is 0.857 bits per heavy atom. The molecule has 42 heavy (non-hydrogen) atoms. The molecule has 0 fully saturated rings. The third-order valence-corrected chi connectivity index (χ3v) is 7.18. The van der Waals surface area contributed by atoms with E-state index in [2.05, 4.69) is 30.5 Å². The minimum absolute atomic E-state index is 0.110. The largest absolute Gasteiger partial charge is 0.335 e. The second-order valence-electron chi connectivity index (χ2n) is 10.1. The van der Waals surface area contributed by atoms with E-state index in [0.29, 0.717) is 22.6 Å². The Morgan fingerprint density at radius 2 is 1.71 bits per heavy atom. The lowest BCUT2D eigenvalue weighted by atomic mass is 10.0. The van der Waals surface area contributed by atoms with Crippen molar-refractivity contribution in [3.05, 3.63) is 115 Å². The lowest BCUT2D eigenvalue weighted by Crippen LogP contribution is -2.14. The van der Waals surface area contributed by atoms with Gasteiger partial charge in [0.15, 0.2) is 5.82 Å². The van der Waals surface area contributed by atoms with Gasteiger partial charge in [-0.1, -0.05) is 42.5 Å². The van der Waals surface area contributed by atoms with Crippen LogP contribution >= 0.6 is 0 Å². The number of rotatable bonds is 6. The second-order valence-corrected chi connectivity index (χ2v) is 10.1. The van der Waals surface area contributed by atoms with Crippen molar-refractivity contribution in [2.75, 3.05) is 5.32 Å². The Bertz CT molecular complexity index is 2100. The summed E-state index contributed by atoms with van der Waals surface area (Å²) >= 11 is 0. The van der Waals surface area contributed by atoms with E-state index in [0.717, 1.165) is 49.9 Å². The average molecular weight is 554 g/mol. The average Bonchev–Trinajstić information content (AvgIpc) is 3.62. The first kappa shape index (κ1) is 25.3. The van der Waals surface area contributed by atoms with E-state index in [4.69, 9.17) is 4.98 Å². The maximum absolute atomic E-state index is 14.0. The molecule has 7 aromatic rings. The van der Waals surface area contributed by atoms with E-state index in [1.807, 2.05) is 61.5 Å². The molecule has 3 aromatic carbocycles. The Balaban J connectivity index is 1.24. The normalized spacial score (nSPS) is 11.3. The highest BCUT2D eigenvalue weighted by molar-refractivity contribution is 5.99. The number of nitrogens with zero attached hydrogens (tertiary/aromatic N) is 4. The third-order valence-electron chi connectivity index (χ3n) is 7.18. The maximum atomic E-state index is 14.0. The predicted molar refractivity (Wildman–Crippen MR) is 161 cm³/mol. The standard InChI is InChI=1S/C33H24FN7O/c1-19-10-22(23-13-25(16-35-15-23)37-29(42)11-20-6-3-2-4-7-20)14-26-30(19)40-41-32(26)33-38-28-18-36-17-27(31(28)39-33)21-8-5-9-24(34)12-21/h2-10,12-18H,11H2,1H3,(H,37,42)(H,38,39)(H,40,41). The highest BCUT2D eigenvalue weighted by atomic mass is 19.1. The molecule has 0 radical (unpaired) electrons. The molecule has 0 saturated heterocycles. The van der Waals surface area contributed by atoms with Gasteiger partial charge in [-0.2, -0.15) is 5.10 Å². The SMILES string of the molecule is Cc1cc(-c2cncc(NC(=O)Cc3ccccc3)c2)cc2c(-c3nc4c(-c5cccc(F)c5)cncc4[nH]3)[nH]nc12. The number of fused-ring (bicyclic) bond motifs is 2. The number of aromatic amines is 2. The number of H-pyrrole nitrogens is 2. The number of carbonyl (C=O) groups is 1. The molecule has 0 unspecified atom stereocenters. The molecular weight excluding hydrogens is 529 g/mol. The number of aromatic nitrogens is 6. The number of hydrogen-bond acceptors (Lipinski definition) is 5. The quantitative estimate of drug-likeness (QED) is 0.208. The van der Waals surface area contributed by atoms with Gasteiger partial charge in [-0.05, 0) is 59.5 Å². The summed E-state index contributed by atoms with van der Waals surface area (Å²) in [5, 5.41) is 11.5. The number of imidazole rings is 1. The van der Waals surface area contributed by atoms with Crippen molar-refractivity contribution < 1.29 is 9.18 Å². The summed E-state index contributed by atoms with van der Waals surface area (Å²) in [6.07, 6.45) is 7.08. The van der Waals surface area contributed by atoms with Crippen LogP contribution in [0.2, 0.25) is 0 Å². The number of halogens is 1. The molecule has 0 aliphatic heterocycles. The molecule has 0 atom stereocenters. The van der Waals surface area contributed by atoms with Gasteiger partial charge in [-0.15, -0.1) is 0 Å². The van der Waals surface area contributed by atoms with Crippen LogP contribution in [0.5, 0.6) is 0 Å². The molecule has 204 valence electrons. The first-order valence-corrected chi connectivity index (χ1v) is 13.4. The van der Waals surface area contributed by atoms with E-state index in [1.165, 1.54) is 12.1 Å². The van der Waals surface area contributed by atoms with Crippen LogP contribution in [0.4, 0.5) is 10.1 Å². The molecule has 0 aliphatic rings. The molecule has 1 amide bonds. The highest BCUT2D eigenvalue weighted by Gasteiger charge is 2.17. The van der Waals surface area contributed by atoms with Gasteiger partial charge in [-0.3, -0.25) is 19.9 Å². The fourth-order valence-corrected chi connectivity index (χ4v) is 5.21. The van der Waals surface area contributed by atoms with Crippen molar-refractivity contribution in [2.24, 2.45) is 0 Å². The molecule has 0 spiro atoms. The van der Waals surface area contributed by atoms with Crippen molar-refractivity contribution in [2.45, 2.75) is 13.3 Å². The van der Waals surface area contributed by atoms with Crippen molar-refractivity contribution in [3.63, 3.8) is 0 Å². The van der Waals surface area contributed by atoms with Crippen molar-refractivity contribution in [1.29, 1.82) is 0 Å². The zero-order valence-electron chi connectivity index (χ0n) is 22.5. The van der Waals surface area contributed by atoms with Gasteiger partial charge >= 0.3 is 0 Å². The number of pyridine rings is 2. The minimum atomic E-state index is -0.322. The van der Waals surface area contributed by atoms with E-state index < -0.39 is 0 Å². The molecule has 0 aliphatic carbocycles. The zero-order valence-corrected chi connectivity index (χ0v) is 22.5. The van der Waals surface area contributed by atoms with Crippen LogP contribution < -0.4 is 5.32 Å². The van der Waals surface area contributed by atoms with Crippen LogP contribution in [-0.4, -0.2) is 36.0 Å². The van der Waals surface area contributed by atoms with Crippen LogP contribution in [0, 0.1) is 12.7 Å². The van der Waals surface area contributed by atoms with Gasteiger partial charge in [0.2, 0.25) is 5.91 Å². The third kappa shape index (κ3) is 4.77. The van der Waals surface area contributed by atoms with Crippen LogP contribution in [0.15, 0.2) is 97.6 Å². The maximum Gasteiger partial charge on any atom is 0.228 e. The molecule has 9 heteroatoms. The van der Waals surface area contributed by atoms with Crippen LogP contribution in [0.3, 0.4) is 0 Å². The number of carbonyl (C=O) groups excluding carboxylic acids is 1. The number of aryl methyl sites for hydroxylation is 1. The summed E-state index contributed by atoms with van der Waals surface area (Å²) in [5.74, 6) is 0.160. The molecular formula is C33H24FN7O. The van der Waals surface area contributed by atoms with E-state index >= 15 is 0 Å². The van der Waals surface area contributed by atoms with Gasteiger partial charge in [0.1, 0.15) is 11.5 Å². The first-order chi connectivity index (χ1) is 20.5. The van der Waals surface area contributed by atoms with Crippen LogP contribution in [0.25, 0.3) is 55.7 Å². The summed E-state index contributed by atoms with van der Waals surface area (Å²) in [7, 11) is 0. The zero-order chi connectivity index (χ0) is 28.6. The van der Waals surface area contributed by atoms with Crippen molar-refractivity contribution >= 4 is 33.5 Å². The summed E-state index contributed by atoms with van der Waals surface area (Å²) in [4.78, 5) is 29.6. The van der Waals surface area contributed by atoms with Crippen LogP contribution in [-0.2, 0) is 11.2 Å². The van der Waals surface area contributed by atoms with Crippen molar-refractivity contribution in [1.82, 2.24) is 30.1 Å². The topological polar surface area (TPSA) is 112 Å². The number of hydrogen-bond donors (Lipinski definition) is 3. The fraction of sp³-hybridized carbons (Fsp3) is 0.0606. The highest BCUT2D eigenvalue weighted by Crippen LogP contribution is 2.34. The number of benzene rings is 3. The Kier molecular flexibility index (Phi) is 6.24. The lowest BCUT2D eigenvalue weighted by Gasteiger charge is -2.09. The van der Waals surface area contributed by atoms with Gasteiger partial charge in [0, 0.05) is 28.9 Å². The lowest BCUT2D eigenvalue weighted by molar-refractivity contribution is -0.115. The molecule has 4 aromatic heterocycles. The van der Waals surface area contributed by atoms with Gasteiger partial charge < -0.3 is 10.3 Å². The van der Waals surface area contributed by atoms with Crippen LogP contribution in [0.1, 0.15) is 11.1 Å². The summed E-state index contributed by atoms with van der Waals surface area (Å²) in [6.45, 7) is 2.00. The minimum Gasteiger partial charge on any atom is -0.335 e. The van der Waals surface area contributed by atoms with E-state index in [-0.39, 0.29) is 18.1 Å². The first-order valence-electron chi connectivity index (χ1n) is 13.4. The molecule has 0 saturated carbocycles. The van der Waals surface area contributed by atoms with Gasteiger partial charge in [-0.25, -0.2) is 9.37 Å². The Morgan fingerprint density at radius 3 is 2.57 bits per heavy atom. The second kappa shape index (κ2) is 10.4. The molecule has 0 bridgehead atoms. The van der Waals surface area contributed by atoms with Crippen molar-refractivity contribution in [3.8, 4) is 33.8 Å². The van der Waals surface area contributed by atoms with E-state index in [1.54, 1.807) is 30.9 Å². The summed E-state index contributed by atoms with van der Waals surface area (Å²) in [6, 6.07) is 22.0. The molecule has 4 heterocycles. The summed E-state index contributed by atoms with van der Waals surface area (Å²) < 4.78 is 14.0. The summed E-state index contributed by atoms with van der Waals surface area (Å²) in [5.41, 5.74) is 8.69. The van der Waals surface area contributed by atoms with Gasteiger partial charge in [0.05, 0.1) is 41.1 Å². The Labute approximate surface area is 239 Å². The fourth-order valence-electron chi connectivity index (χ4n) is 5.21. The Hall–Kier alpha value is -5.70.